The van der Waals surface area contributed by atoms with Crippen molar-refractivity contribution in [3.05, 3.63) is 0 Å². The first-order valence-corrected chi connectivity index (χ1v) is 11.8. The lowest BCUT2D eigenvalue weighted by Crippen LogP contribution is -2.87. The largest absolute Gasteiger partial charge is 0.547 e. The summed E-state index contributed by atoms with van der Waals surface area (Å²) in [4.78, 5) is 24.8. The number of aliphatic carboxylic acids is 1. The van der Waals surface area contributed by atoms with Gasteiger partial charge in [0.1, 0.15) is 45.2 Å². The van der Waals surface area contributed by atoms with E-state index in [0.717, 1.165) is 0 Å². The van der Waals surface area contributed by atoms with Gasteiger partial charge in [0.05, 0.1) is 18.7 Å². The summed E-state index contributed by atoms with van der Waals surface area (Å²) < 4.78 is 29.4. The number of carbonyl (C=O) groups excluding carboxylic acids is 2. The van der Waals surface area contributed by atoms with Crippen molar-refractivity contribution < 1.29 is 53.7 Å². The fourth-order valence-electron chi connectivity index (χ4n) is 5.55. The Kier molecular flexibility index (Phi) is 7.82. The third kappa shape index (κ3) is 3.89. The molecule has 12 heteroatoms. The Hall–Kier alpha value is -1.38. The van der Waals surface area contributed by atoms with Crippen molar-refractivity contribution in [2.75, 3.05) is 20.8 Å². The highest BCUT2D eigenvalue weighted by Crippen LogP contribution is 2.54. The maximum atomic E-state index is 12.5. The predicted octanol–water partition coefficient (Wildman–Crippen LogP) is -1.39. The minimum Gasteiger partial charge on any atom is -0.547 e. The van der Waals surface area contributed by atoms with Gasteiger partial charge in [0.2, 0.25) is 5.91 Å². The first kappa shape index (κ1) is 30.8. The van der Waals surface area contributed by atoms with Gasteiger partial charge in [0, 0.05) is 21.1 Å². The molecule has 0 aromatic heterocycles. The molecular weight excluding hydrogens is 478 g/mol. The summed E-state index contributed by atoms with van der Waals surface area (Å²) in [6.07, 6.45) is -4.10. The monoisotopic (exact) mass is 520 g/mol. The van der Waals surface area contributed by atoms with Crippen LogP contribution in [0.15, 0.2) is 0 Å². The van der Waals surface area contributed by atoms with E-state index < -0.39 is 69.5 Å². The van der Waals surface area contributed by atoms with Crippen molar-refractivity contribution in [3.8, 4) is 0 Å². The number of hydrogen-bond donors (Lipinski definition) is 4. The van der Waals surface area contributed by atoms with Gasteiger partial charge in [-0.15, -0.1) is 0 Å². The predicted molar refractivity (Wildman–Crippen MR) is 123 cm³/mol. The maximum absolute atomic E-state index is 12.5. The lowest BCUT2D eigenvalue weighted by molar-refractivity contribution is -0.441. The second kappa shape index (κ2) is 9.12. The molecule has 2 fully saturated rings. The quantitative estimate of drug-likeness (QED) is 0.311. The van der Waals surface area contributed by atoms with Crippen LogP contribution in [0.25, 0.3) is 0 Å². The van der Waals surface area contributed by atoms with E-state index in [1.54, 1.807) is 0 Å². The van der Waals surface area contributed by atoms with Gasteiger partial charge < -0.3 is 54.2 Å². The molecule has 2 aliphatic heterocycles. The van der Waals surface area contributed by atoms with Crippen molar-refractivity contribution in [2.45, 2.75) is 120 Å². The number of amides is 1. The molecule has 36 heavy (non-hydrogen) atoms. The molecule has 2 rings (SSSR count). The molecule has 0 aromatic rings. The Morgan fingerprint density at radius 3 is 1.97 bits per heavy atom. The van der Waals surface area contributed by atoms with Crippen LogP contribution in [-0.4, -0.2) is 106 Å². The number of aliphatic hydroxyl groups is 3. The summed E-state index contributed by atoms with van der Waals surface area (Å²) in [6.45, 7) is 12.0. The topological polar surface area (TPSA) is 176 Å². The van der Waals surface area contributed by atoms with E-state index in [0.29, 0.717) is 0 Å². The van der Waals surface area contributed by atoms with Gasteiger partial charge in [-0.25, -0.2) is 0 Å². The van der Waals surface area contributed by atoms with Crippen LogP contribution in [0.2, 0.25) is 0 Å². The first-order valence-electron chi connectivity index (χ1n) is 11.8. The zero-order chi connectivity index (χ0) is 28.3. The summed E-state index contributed by atoms with van der Waals surface area (Å²) in [6, 6.07) is 0. The molecule has 2 heterocycles. The van der Waals surface area contributed by atoms with Crippen LogP contribution in [0, 0.1) is 0 Å². The van der Waals surface area contributed by atoms with Gasteiger partial charge in [-0.2, -0.15) is 0 Å². The zero-order valence-corrected chi connectivity index (χ0v) is 23.0. The van der Waals surface area contributed by atoms with Crippen molar-refractivity contribution >= 4 is 11.9 Å². The fourth-order valence-corrected chi connectivity index (χ4v) is 5.55. The number of methoxy groups -OCH3 is 2. The Morgan fingerprint density at radius 1 is 1.03 bits per heavy atom. The van der Waals surface area contributed by atoms with E-state index in [2.05, 4.69) is 5.32 Å². The molecule has 10 unspecified atom stereocenters. The van der Waals surface area contributed by atoms with Crippen LogP contribution in [0.4, 0.5) is 0 Å². The summed E-state index contributed by atoms with van der Waals surface area (Å²) >= 11 is 0. The van der Waals surface area contributed by atoms with E-state index in [1.165, 1.54) is 76.5 Å². The van der Waals surface area contributed by atoms with Crippen LogP contribution in [0.3, 0.4) is 0 Å². The Labute approximate surface area is 212 Å². The van der Waals surface area contributed by atoms with Gasteiger partial charge in [-0.3, -0.25) is 4.79 Å². The minimum atomic E-state index is -2.31. The highest BCUT2D eigenvalue weighted by molar-refractivity contribution is 5.78. The van der Waals surface area contributed by atoms with E-state index in [4.69, 9.17) is 23.7 Å². The van der Waals surface area contributed by atoms with Crippen LogP contribution in [0.5, 0.6) is 0 Å². The zero-order valence-electron chi connectivity index (χ0n) is 23.0. The molecule has 0 spiro atoms. The smallest absolute Gasteiger partial charge is 0.217 e. The normalized spacial score (nSPS) is 51.6. The number of rotatable bonds is 7. The van der Waals surface area contributed by atoms with Gasteiger partial charge in [-0.05, 0) is 55.4 Å². The van der Waals surface area contributed by atoms with E-state index in [1.807, 2.05) is 0 Å². The van der Waals surface area contributed by atoms with Gasteiger partial charge in [-0.1, -0.05) is 0 Å². The van der Waals surface area contributed by atoms with Crippen molar-refractivity contribution in [3.63, 3.8) is 0 Å². The standard InChI is InChI=1S/C24H43NO11/c1-13-20(5,30)23(8,31)24(9,22(7,34-13)16(28)29)36-17-19(4,25-14(2)26)21(6,33-11)15(27)18(3,35-17)12-32-10/h13,15,17,27,30-31H,12H2,1-11H3,(H,25,26)(H,28,29)/p-1. The fraction of sp³-hybridized carbons (Fsp3) is 0.917. The van der Waals surface area contributed by atoms with Crippen LogP contribution < -0.4 is 10.4 Å². The number of hydrogen-bond acceptors (Lipinski definition) is 11. The number of carbonyl (C=O) groups is 2. The molecule has 0 aromatic carbocycles. The lowest BCUT2D eigenvalue weighted by Gasteiger charge is -2.66. The molecule has 2 aliphatic rings. The molecule has 12 nitrogen and oxygen atoms in total. The molecule has 0 bridgehead atoms. The molecule has 0 saturated carbocycles. The second-order valence-electron chi connectivity index (χ2n) is 11.2. The Balaban J connectivity index is 2.84. The average Bonchev–Trinajstić information content (AvgIpc) is 2.74. The van der Waals surface area contributed by atoms with E-state index in [-0.39, 0.29) is 6.61 Å². The Morgan fingerprint density at radius 2 is 1.56 bits per heavy atom. The number of ether oxygens (including phenoxy) is 5. The number of carboxylic acid groups (broad SMARTS) is 1. The molecular formula is C24H42NO11-. The Bertz CT molecular complexity index is 880. The summed E-state index contributed by atoms with van der Waals surface area (Å²) in [5, 5.41) is 49.5. The summed E-state index contributed by atoms with van der Waals surface area (Å²) in [7, 11) is 2.73. The molecule has 0 aliphatic carbocycles. The van der Waals surface area contributed by atoms with Crippen LogP contribution in [0.1, 0.15) is 62.3 Å². The number of carboxylic acids is 1. The highest BCUT2D eigenvalue weighted by atomic mass is 16.7. The van der Waals surface area contributed by atoms with Crippen molar-refractivity contribution in [1.82, 2.24) is 5.32 Å². The maximum Gasteiger partial charge on any atom is 0.217 e. The van der Waals surface area contributed by atoms with Gasteiger partial charge in [0.25, 0.3) is 0 Å². The van der Waals surface area contributed by atoms with Crippen LogP contribution >= 0.6 is 0 Å². The van der Waals surface area contributed by atoms with Crippen LogP contribution in [-0.2, 0) is 33.3 Å². The second-order valence-corrected chi connectivity index (χ2v) is 11.2. The SMILES string of the molecule is COCC1(C)OC(OC2(C)C(C)(C(=O)[O-])OC(C)C(C)(O)C2(C)O)C(C)(NC(C)=O)C(C)(OC)C1O. The highest BCUT2D eigenvalue weighted by Gasteiger charge is 2.74. The molecule has 210 valence electrons. The average molecular weight is 521 g/mol. The van der Waals surface area contributed by atoms with Gasteiger partial charge >= 0.3 is 0 Å². The third-order valence-corrected chi connectivity index (χ3v) is 9.03. The van der Waals surface area contributed by atoms with Crippen molar-refractivity contribution in [2.24, 2.45) is 0 Å². The molecule has 4 N–H and O–H groups in total. The molecule has 10 atom stereocenters. The summed E-state index contributed by atoms with van der Waals surface area (Å²) in [5.74, 6) is -2.24. The van der Waals surface area contributed by atoms with Gasteiger partial charge in [0.15, 0.2) is 6.29 Å². The summed E-state index contributed by atoms with van der Waals surface area (Å²) in [5.41, 5.74) is -13.6. The number of aliphatic hydroxyl groups excluding tert-OH is 1. The van der Waals surface area contributed by atoms with E-state index >= 15 is 0 Å². The molecule has 0 radical (unpaired) electrons. The minimum absolute atomic E-state index is 0.140. The van der Waals surface area contributed by atoms with Crippen molar-refractivity contribution in [1.29, 1.82) is 0 Å². The first-order chi connectivity index (χ1) is 16.1. The number of nitrogens with one attached hydrogen (secondary N) is 1. The van der Waals surface area contributed by atoms with E-state index in [9.17, 15) is 30.0 Å². The third-order valence-electron chi connectivity index (χ3n) is 9.03. The lowest BCUT2D eigenvalue weighted by atomic mass is 9.61. The molecule has 1 amide bonds. The molecule has 2 saturated heterocycles.